The van der Waals surface area contributed by atoms with E-state index in [2.05, 4.69) is 17.4 Å². The second-order valence-corrected chi connectivity index (χ2v) is 5.62. The molecule has 0 aromatic heterocycles. The van der Waals surface area contributed by atoms with Gasteiger partial charge in [0.2, 0.25) is 0 Å². The molecule has 0 radical (unpaired) electrons. The maximum absolute atomic E-state index is 11.9. The average molecular weight is 318 g/mol. The Morgan fingerprint density at radius 2 is 1.82 bits per heavy atom. The molecule has 116 valence electrons. The van der Waals surface area contributed by atoms with Crippen molar-refractivity contribution < 1.29 is 9.53 Å². The molecule has 2 rings (SSSR count). The minimum atomic E-state index is -0.138. The number of ether oxygens (including phenoxy) is 1. The van der Waals surface area contributed by atoms with Crippen LogP contribution in [0.2, 0.25) is 5.02 Å². The highest BCUT2D eigenvalue weighted by Crippen LogP contribution is 2.22. The van der Waals surface area contributed by atoms with Gasteiger partial charge in [0.1, 0.15) is 5.75 Å². The van der Waals surface area contributed by atoms with Gasteiger partial charge in [-0.15, -0.1) is 0 Å². The van der Waals surface area contributed by atoms with Crippen molar-refractivity contribution in [3.63, 3.8) is 0 Å². The van der Waals surface area contributed by atoms with Crippen molar-refractivity contribution in [2.75, 3.05) is 6.61 Å². The number of rotatable bonds is 7. The van der Waals surface area contributed by atoms with E-state index < -0.39 is 0 Å². The van der Waals surface area contributed by atoms with E-state index >= 15 is 0 Å². The van der Waals surface area contributed by atoms with E-state index in [1.807, 2.05) is 37.3 Å². The van der Waals surface area contributed by atoms with E-state index in [1.54, 1.807) is 12.1 Å². The van der Waals surface area contributed by atoms with Crippen LogP contribution in [0.25, 0.3) is 0 Å². The highest BCUT2D eigenvalue weighted by molar-refractivity contribution is 6.32. The Bertz CT molecular complexity index is 601. The third kappa shape index (κ3) is 5.41. The van der Waals surface area contributed by atoms with Crippen LogP contribution in [0.4, 0.5) is 0 Å². The summed E-state index contributed by atoms with van der Waals surface area (Å²) in [5.41, 5.74) is 1.27. The molecule has 4 heteroatoms. The monoisotopic (exact) mass is 317 g/mol. The van der Waals surface area contributed by atoms with Crippen molar-refractivity contribution in [2.24, 2.45) is 0 Å². The molecule has 2 aromatic carbocycles. The Morgan fingerprint density at radius 1 is 1.14 bits per heavy atom. The van der Waals surface area contributed by atoms with Gasteiger partial charge in [-0.3, -0.25) is 4.79 Å². The Labute approximate surface area is 136 Å². The first-order chi connectivity index (χ1) is 10.6. The van der Waals surface area contributed by atoms with Gasteiger partial charge in [-0.25, -0.2) is 0 Å². The number of aryl methyl sites for hydroxylation is 1. The number of carbonyl (C=O) groups excluding carboxylic acids is 1. The predicted octanol–water partition coefficient (Wildman–Crippen LogP) is 3.86. The maximum Gasteiger partial charge on any atom is 0.258 e. The van der Waals surface area contributed by atoms with E-state index in [-0.39, 0.29) is 18.6 Å². The van der Waals surface area contributed by atoms with E-state index in [0.29, 0.717) is 10.8 Å². The molecule has 0 heterocycles. The van der Waals surface area contributed by atoms with Gasteiger partial charge in [0.05, 0.1) is 5.02 Å². The summed E-state index contributed by atoms with van der Waals surface area (Å²) in [6, 6.07) is 17.5. The molecule has 22 heavy (non-hydrogen) atoms. The number of amides is 1. The minimum absolute atomic E-state index is 0.0284. The molecule has 0 aliphatic heterocycles. The predicted molar refractivity (Wildman–Crippen MR) is 89.3 cm³/mol. The van der Waals surface area contributed by atoms with Gasteiger partial charge in [-0.05, 0) is 37.5 Å². The molecule has 0 saturated carbocycles. The first-order valence-electron chi connectivity index (χ1n) is 7.36. The summed E-state index contributed by atoms with van der Waals surface area (Å²) in [7, 11) is 0. The second-order valence-electron chi connectivity index (χ2n) is 5.21. The smallest absolute Gasteiger partial charge is 0.258 e. The lowest BCUT2D eigenvalue weighted by atomic mass is 10.1. The van der Waals surface area contributed by atoms with E-state index in [9.17, 15) is 4.79 Å². The van der Waals surface area contributed by atoms with Crippen molar-refractivity contribution in [1.29, 1.82) is 0 Å². The SMILES string of the molecule is C[C@H](CCc1ccccc1)NC(=O)COc1ccccc1Cl. The van der Waals surface area contributed by atoms with Crippen LogP contribution in [0.5, 0.6) is 5.75 Å². The molecule has 0 unspecified atom stereocenters. The Kier molecular flexibility index (Phi) is 6.28. The summed E-state index contributed by atoms with van der Waals surface area (Å²) in [6.07, 6.45) is 1.83. The third-order valence-electron chi connectivity index (χ3n) is 3.31. The molecule has 0 bridgehead atoms. The van der Waals surface area contributed by atoms with Crippen molar-refractivity contribution in [3.8, 4) is 5.75 Å². The fourth-order valence-corrected chi connectivity index (χ4v) is 2.31. The van der Waals surface area contributed by atoms with Crippen LogP contribution in [0.3, 0.4) is 0 Å². The lowest BCUT2D eigenvalue weighted by Gasteiger charge is -2.14. The number of para-hydroxylation sites is 1. The van der Waals surface area contributed by atoms with E-state index in [4.69, 9.17) is 16.3 Å². The molecule has 0 spiro atoms. The zero-order valence-corrected chi connectivity index (χ0v) is 13.3. The van der Waals surface area contributed by atoms with E-state index in [0.717, 1.165) is 12.8 Å². The van der Waals surface area contributed by atoms with Crippen LogP contribution >= 0.6 is 11.6 Å². The van der Waals surface area contributed by atoms with Gasteiger partial charge >= 0.3 is 0 Å². The van der Waals surface area contributed by atoms with Crippen LogP contribution in [-0.4, -0.2) is 18.6 Å². The number of carbonyl (C=O) groups is 1. The first kappa shape index (κ1) is 16.4. The molecule has 0 aliphatic carbocycles. The fourth-order valence-electron chi connectivity index (χ4n) is 2.12. The summed E-state index contributed by atoms with van der Waals surface area (Å²) < 4.78 is 5.42. The molecule has 0 saturated heterocycles. The number of nitrogens with one attached hydrogen (secondary N) is 1. The summed E-state index contributed by atoms with van der Waals surface area (Å²) in [5, 5.41) is 3.44. The topological polar surface area (TPSA) is 38.3 Å². The first-order valence-corrected chi connectivity index (χ1v) is 7.73. The number of hydrogen-bond acceptors (Lipinski definition) is 2. The van der Waals surface area contributed by atoms with Gasteiger partial charge in [0.15, 0.2) is 6.61 Å². The molecule has 0 fully saturated rings. The Morgan fingerprint density at radius 3 is 2.55 bits per heavy atom. The quantitative estimate of drug-likeness (QED) is 0.842. The standard InChI is InChI=1S/C18H20ClNO2/c1-14(11-12-15-7-3-2-4-8-15)20-18(21)13-22-17-10-6-5-9-16(17)19/h2-10,14H,11-13H2,1H3,(H,20,21)/t14-/m1/s1. The fraction of sp³-hybridized carbons (Fsp3) is 0.278. The van der Waals surface area contributed by atoms with Gasteiger partial charge in [0.25, 0.3) is 5.91 Å². The van der Waals surface area contributed by atoms with Crippen molar-refractivity contribution >= 4 is 17.5 Å². The lowest BCUT2D eigenvalue weighted by Crippen LogP contribution is -2.36. The highest BCUT2D eigenvalue weighted by atomic mass is 35.5. The minimum Gasteiger partial charge on any atom is -0.482 e. The summed E-state index contributed by atoms with van der Waals surface area (Å²) >= 11 is 5.97. The van der Waals surface area contributed by atoms with E-state index in [1.165, 1.54) is 5.56 Å². The maximum atomic E-state index is 11.9. The van der Waals surface area contributed by atoms with Gasteiger partial charge < -0.3 is 10.1 Å². The van der Waals surface area contributed by atoms with Crippen molar-refractivity contribution in [3.05, 3.63) is 65.2 Å². The van der Waals surface area contributed by atoms with Crippen molar-refractivity contribution in [2.45, 2.75) is 25.8 Å². The Balaban J connectivity index is 1.71. The number of halogens is 1. The molecular weight excluding hydrogens is 298 g/mol. The van der Waals surface area contributed by atoms with Crippen LogP contribution in [-0.2, 0) is 11.2 Å². The molecule has 1 N–H and O–H groups in total. The van der Waals surface area contributed by atoms with Gasteiger partial charge in [0, 0.05) is 6.04 Å². The second kappa shape index (κ2) is 8.44. The van der Waals surface area contributed by atoms with Gasteiger partial charge in [-0.2, -0.15) is 0 Å². The zero-order valence-electron chi connectivity index (χ0n) is 12.6. The molecule has 1 amide bonds. The third-order valence-corrected chi connectivity index (χ3v) is 3.62. The molecule has 3 nitrogen and oxygen atoms in total. The zero-order chi connectivity index (χ0) is 15.8. The van der Waals surface area contributed by atoms with Crippen molar-refractivity contribution in [1.82, 2.24) is 5.32 Å². The van der Waals surface area contributed by atoms with Crippen LogP contribution in [0.15, 0.2) is 54.6 Å². The molecular formula is C18H20ClNO2. The summed E-state index contributed by atoms with van der Waals surface area (Å²) in [6.45, 7) is 1.97. The normalized spacial score (nSPS) is 11.7. The highest BCUT2D eigenvalue weighted by Gasteiger charge is 2.09. The van der Waals surface area contributed by atoms with Crippen LogP contribution in [0, 0.1) is 0 Å². The average Bonchev–Trinajstić information content (AvgIpc) is 2.53. The number of benzene rings is 2. The largest absolute Gasteiger partial charge is 0.482 e. The summed E-state index contributed by atoms with van der Waals surface area (Å²) in [5.74, 6) is 0.386. The Hall–Kier alpha value is -2.00. The molecule has 1 atom stereocenters. The molecule has 0 aliphatic rings. The van der Waals surface area contributed by atoms with Crippen LogP contribution < -0.4 is 10.1 Å². The number of hydrogen-bond donors (Lipinski definition) is 1. The summed E-state index contributed by atoms with van der Waals surface area (Å²) in [4.78, 5) is 11.9. The van der Waals surface area contributed by atoms with Gasteiger partial charge in [-0.1, -0.05) is 54.1 Å². The molecule has 2 aromatic rings. The van der Waals surface area contributed by atoms with Crippen LogP contribution in [0.1, 0.15) is 18.9 Å². The lowest BCUT2D eigenvalue weighted by molar-refractivity contribution is -0.123.